The molecule has 0 N–H and O–H groups in total. The lowest BCUT2D eigenvalue weighted by molar-refractivity contribution is 0.191. The van der Waals surface area contributed by atoms with Gasteiger partial charge < -0.3 is 0 Å². The maximum atomic E-state index is 2.38. The lowest BCUT2D eigenvalue weighted by Crippen LogP contribution is -2.22. The Kier molecular flexibility index (Phi) is 22.2. The second-order valence-corrected chi connectivity index (χ2v) is 18.4. The fourth-order valence-corrected chi connectivity index (χ4v) is 10.4. The Hall–Kier alpha value is -3.12. The summed E-state index contributed by atoms with van der Waals surface area (Å²) in [7, 11) is 0. The summed E-state index contributed by atoms with van der Waals surface area (Å²) >= 11 is 0. The van der Waals surface area contributed by atoms with E-state index in [9.17, 15) is 0 Å². The predicted octanol–water partition coefficient (Wildman–Crippen LogP) is 16.9. The first kappa shape index (κ1) is 49.2. The smallest absolute Gasteiger partial charge is 0.0250 e. The number of rotatable bonds is 14. The SMILES string of the molecule is C.C.C.CCc1ccc(CC2CCC(CC3CCC(Cc4ccc(CC)cc4)CC3)CC2)cc1.CCc1ccc(CC2CCC(Cc3ccc(CC)cc3)CC2)cc1. The molecule has 3 aliphatic rings. The Balaban J connectivity index is 0.000000304. The van der Waals surface area contributed by atoms with Crippen LogP contribution >= 0.6 is 0 Å². The van der Waals surface area contributed by atoms with Gasteiger partial charge in [-0.2, -0.15) is 0 Å². The standard InChI is InChI=1S/C31H44.C24H32.3CH4/c1-3-24-5-9-26(10-6-24)21-28-13-17-30(18-14-28)23-31-19-15-29(16-20-31)22-27-11-7-25(4-2)8-12-27;1-3-19-5-9-21(10-6-19)17-23-13-15-24(16-14-23)18-22-11-7-20(4-2)8-12-22;;;/h5-12,28-31H,3-4,13-23H2,1-2H3;5-12,23-24H,3-4,13-18H2,1-2H3;3*1H4. The van der Waals surface area contributed by atoms with Gasteiger partial charge in [0.1, 0.15) is 0 Å². The largest absolute Gasteiger partial charge is 0.0776 e. The van der Waals surface area contributed by atoms with Crippen molar-refractivity contribution in [1.82, 2.24) is 0 Å². The molecule has 3 saturated carbocycles. The Labute approximate surface area is 360 Å². The van der Waals surface area contributed by atoms with Crippen molar-refractivity contribution in [3.8, 4) is 0 Å². The highest BCUT2D eigenvalue weighted by Crippen LogP contribution is 2.40. The third-order valence-corrected chi connectivity index (χ3v) is 14.4. The third kappa shape index (κ3) is 15.8. The maximum absolute atomic E-state index is 2.38. The molecule has 4 aromatic rings. The Morgan fingerprint density at radius 3 is 0.586 bits per heavy atom. The summed E-state index contributed by atoms with van der Waals surface area (Å²) in [4.78, 5) is 0. The molecule has 0 heteroatoms. The zero-order valence-electron chi connectivity index (χ0n) is 35.6. The van der Waals surface area contributed by atoms with E-state index in [0.717, 1.165) is 61.2 Å². The van der Waals surface area contributed by atoms with Gasteiger partial charge in [0.25, 0.3) is 0 Å². The summed E-state index contributed by atoms with van der Waals surface area (Å²) in [5, 5.41) is 0. The van der Waals surface area contributed by atoms with Crippen LogP contribution < -0.4 is 0 Å². The second-order valence-electron chi connectivity index (χ2n) is 18.4. The van der Waals surface area contributed by atoms with Gasteiger partial charge in [-0.05, 0) is 189 Å². The Morgan fingerprint density at radius 1 is 0.259 bits per heavy atom. The molecule has 320 valence electrons. The van der Waals surface area contributed by atoms with Gasteiger partial charge in [-0.3, -0.25) is 0 Å². The van der Waals surface area contributed by atoms with E-state index < -0.39 is 0 Å². The highest BCUT2D eigenvalue weighted by molar-refractivity contribution is 5.26. The Bertz CT molecular complexity index is 1480. The molecule has 0 unspecified atom stereocenters. The summed E-state index contributed by atoms with van der Waals surface area (Å²) in [6.45, 7) is 8.94. The van der Waals surface area contributed by atoms with Gasteiger partial charge in [-0.25, -0.2) is 0 Å². The van der Waals surface area contributed by atoms with Crippen molar-refractivity contribution in [2.24, 2.45) is 35.5 Å². The van der Waals surface area contributed by atoms with Crippen LogP contribution in [0.25, 0.3) is 0 Å². The lowest BCUT2D eigenvalue weighted by atomic mass is 9.72. The molecule has 0 aromatic heterocycles. The first-order chi connectivity index (χ1) is 27.0. The molecular formula is C58H88. The van der Waals surface area contributed by atoms with Gasteiger partial charge in [0.2, 0.25) is 0 Å². The minimum Gasteiger partial charge on any atom is -0.0776 e. The highest BCUT2D eigenvalue weighted by atomic mass is 14.3. The highest BCUT2D eigenvalue weighted by Gasteiger charge is 2.27. The third-order valence-electron chi connectivity index (χ3n) is 14.4. The maximum Gasteiger partial charge on any atom is -0.0250 e. The van der Waals surface area contributed by atoms with E-state index in [0.29, 0.717) is 0 Å². The van der Waals surface area contributed by atoms with E-state index in [1.165, 1.54) is 143 Å². The van der Waals surface area contributed by atoms with Crippen molar-refractivity contribution >= 4 is 0 Å². The first-order valence-corrected chi connectivity index (χ1v) is 23.3. The molecule has 0 saturated heterocycles. The minimum absolute atomic E-state index is 0. The first-order valence-electron chi connectivity index (χ1n) is 23.3. The molecule has 4 aromatic carbocycles. The molecule has 0 aliphatic heterocycles. The van der Waals surface area contributed by atoms with E-state index in [1.54, 1.807) is 11.1 Å². The summed E-state index contributed by atoms with van der Waals surface area (Å²) in [6.07, 6.45) is 28.7. The number of benzene rings is 4. The molecule has 0 bridgehead atoms. The van der Waals surface area contributed by atoms with Crippen LogP contribution in [0.15, 0.2) is 97.1 Å². The molecular weight excluding hydrogens is 697 g/mol. The van der Waals surface area contributed by atoms with Crippen molar-refractivity contribution in [3.63, 3.8) is 0 Å². The second kappa shape index (κ2) is 26.2. The summed E-state index contributed by atoms with van der Waals surface area (Å²) < 4.78 is 0. The summed E-state index contributed by atoms with van der Waals surface area (Å²) in [5.74, 6) is 5.69. The Morgan fingerprint density at radius 2 is 0.414 bits per heavy atom. The molecule has 0 amide bonds. The number of hydrogen-bond acceptors (Lipinski definition) is 0. The van der Waals surface area contributed by atoms with Gasteiger partial charge in [-0.15, -0.1) is 0 Å². The van der Waals surface area contributed by atoms with Crippen LogP contribution in [-0.4, -0.2) is 0 Å². The summed E-state index contributed by atoms with van der Waals surface area (Å²) in [6, 6.07) is 37.4. The molecule has 0 atom stereocenters. The van der Waals surface area contributed by atoms with Crippen LogP contribution in [0.1, 0.15) is 178 Å². The normalized spacial score (nSPS) is 22.9. The van der Waals surface area contributed by atoms with Gasteiger partial charge >= 0.3 is 0 Å². The van der Waals surface area contributed by atoms with Crippen LogP contribution in [-0.2, 0) is 51.4 Å². The summed E-state index contributed by atoms with van der Waals surface area (Å²) in [5.41, 5.74) is 12.0. The molecule has 0 radical (unpaired) electrons. The van der Waals surface area contributed by atoms with E-state index in [2.05, 4.69) is 125 Å². The van der Waals surface area contributed by atoms with Gasteiger partial charge in [-0.1, -0.05) is 173 Å². The fourth-order valence-electron chi connectivity index (χ4n) is 10.4. The van der Waals surface area contributed by atoms with Gasteiger partial charge in [0.15, 0.2) is 0 Å². The average molecular weight is 785 g/mol. The van der Waals surface area contributed by atoms with Crippen LogP contribution in [0.2, 0.25) is 0 Å². The zero-order valence-corrected chi connectivity index (χ0v) is 35.6. The van der Waals surface area contributed by atoms with E-state index in [-0.39, 0.29) is 22.3 Å². The van der Waals surface area contributed by atoms with Crippen molar-refractivity contribution in [3.05, 3.63) is 142 Å². The van der Waals surface area contributed by atoms with Crippen LogP contribution in [0.4, 0.5) is 0 Å². The average Bonchev–Trinajstić information content (AvgIpc) is 3.24. The fraction of sp³-hybridized carbons (Fsp3) is 0.586. The van der Waals surface area contributed by atoms with Crippen LogP contribution in [0, 0.1) is 35.5 Å². The number of aryl methyl sites for hydroxylation is 4. The monoisotopic (exact) mass is 785 g/mol. The molecule has 3 fully saturated rings. The molecule has 0 spiro atoms. The molecule has 3 aliphatic carbocycles. The molecule has 0 nitrogen and oxygen atoms in total. The van der Waals surface area contributed by atoms with Crippen molar-refractivity contribution in [1.29, 1.82) is 0 Å². The van der Waals surface area contributed by atoms with Gasteiger partial charge in [0, 0.05) is 0 Å². The van der Waals surface area contributed by atoms with Crippen molar-refractivity contribution in [2.75, 3.05) is 0 Å². The molecule has 7 rings (SSSR count). The van der Waals surface area contributed by atoms with Gasteiger partial charge in [0.05, 0.1) is 0 Å². The van der Waals surface area contributed by atoms with Crippen LogP contribution in [0.5, 0.6) is 0 Å². The quantitative estimate of drug-likeness (QED) is 0.119. The van der Waals surface area contributed by atoms with Crippen molar-refractivity contribution in [2.45, 2.75) is 185 Å². The van der Waals surface area contributed by atoms with E-state index >= 15 is 0 Å². The number of hydrogen-bond donors (Lipinski definition) is 0. The van der Waals surface area contributed by atoms with Crippen LogP contribution in [0.3, 0.4) is 0 Å². The zero-order chi connectivity index (χ0) is 38.2. The molecule has 0 heterocycles. The topological polar surface area (TPSA) is 0 Å². The van der Waals surface area contributed by atoms with E-state index in [4.69, 9.17) is 0 Å². The minimum atomic E-state index is 0. The predicted molar refractivity (Wildman–Crippen MR) is 259 cm³/mol. The molecule has 58 heavy (non-hydrogen) atoms. The van der Waals surface area contributed by atoms with Crippen molar-refractivity contribution < 1.29 is 0 Å². The van der Waals surface area contributed by atoms with E-state index in [1.807, 2.05) is 0 Å². The lowest BCUT2D eigenvalue weighted by Gasteiger charge is -2.34.